The monoisotopic (exact) mass is 334 g/mol. The van der Waals surface area contributed by atoms with Gasteiger partial charge >= 0.3 is 5.97 Å². The van der Waals surface area contributed by atoms with Crippen LogP contribution in [0.5, 0.6) is 0 Å². The molecule has 0 aliphatic rings. The van der Waals surface area contributed by atoms with Crippen molar-refractivity contribution < 1.29 is 9.90 Å². The van der Waals surface area contributed by atoms with Crippen LogP contribution < -0.4 is 11.1 Å². The third kappa shape index (κ3) is 3.11. The highest BCUT2D eigenvalue weighted by Crippen LogP contribution is 2.28. The Labute approximate surface area is 125 Å². The predicted octanol–water partition coefficient (Wildman–Crippen LogP) is 4.04. The van der Waals surface area contributed by atoms with Crippen molar-refractivity contribution in [3.8, 4) is 0 Å². The highest BCUT2D eigenvalue weighted by molar-refractivity contribution is 9.10. The van der Waals surface area contributed by atoms with Crippen LogP contribution in [0.3, 0.4) is 0 Å². The Hall–Kier alpha value is -2.01. The summed E-state index contributed by atoms with van der Waals surface area (Å²) < 4.78 is 1.02. The number of hydrogen-bond acceptors (Lipinski definition) is 3. The molecule has 0 unspecified atom stereocenters. The predicted molar refractivity (Wildman–Crippen MR) is 84.6 cm³/mol. The molecule has 0 saturated carbocycles. The average Bonchev–Trinajstić information content (AvgIpc) is 2.42. The smallest absolute Gasteiger partial charge is 0.335 e. The third-order valence-corrected chi connectivity index (χ3v) is 3.51. The van der Waals surface area contributed by atoms with Crippen molar-refractivity contribution in [3.05, 3.63) is 52.0 Å². The van der Waals surface area contributed by atoms with Gasteiger partial charge in [-0.1, -0.05) is 22.9 Å². The van der Waals surface area contributed by atoms with Gasteiger partial charge in [0.25, 0.3) is 0 Å². The molecule has 20 heavy (non-hydrogen) atoms. The highest BCUT2D eigenvalue weighted by Gasteiger charge is 2.08. The summed E-state index contributed by atoms with van der Waals surface area (Å²) in [5, 5.41) is 12.2. The first-order chi connectivity index (χ1) is 9.51. The zero-order chi connectivity index (χ0) is 14.7. The summed E-state index contributed by atoms with van der Waals surface area (Å²) in [5.41, 5.74) is 9.30. The second-order valence-corrected chi connectivity index (χ2v) is 5.30. The van der Waals surface area contributed by atoms with Gasteiger partial charge in [0.05, 0.1) is 16.9 Å². The standard InChI is InChI=1S/C15H15BrN2O2/c1-2-9-7-11(16)4-6-13(9)18-14-5-3-10(15(19)20)8-12(14)17/h3-8,18H,2,17H2,1H3,(H,19,20). The second-order valence-electron chi connectivity index (χ2n) is 4.39. The van der Waals surface area contributed by atoms with Crippen molar-refractivity contribution in [2.45, 2.75) is 13.3 Å². The number of hydrogen-bond donors (Lipinski definition) is 3. The number of rotatable bonds is 4. The van der Waals surface area contributed by atoms with Gasteiger partial charge < -0.3 is 16.2 Å². The first kappa shape index (κ1) is 14.4. The van der Waals surface area contributed by atoms with E-state index in [9.17, 15) is 4.79 Å². The van der Waals surface area contributed by atoms with Crippen molar-refractivity contribution >= 4 is 39.0 Å². The number of anilines is 3. The number of nitrogen functional groups attached to an aromatic ring is 1. The molecule has 0 aromatic heterocycles. The lowest BCUT2D eigenvalue weighted by Gasteiger charge is -2.13. The number of aromatic carboxylic acids is 1. The minimum absolute atomic E-state index is 0.180. The van der Waals surface area contributed by atoms with Crippen LogP contribution in [0.15, 0.2) is 40.9 Å². The van der Waals surface area contributed by atoms with Crippen LogP contribution in [0.2, 0.25) is 0 Å². The molecule has 104 valence electrons. The number of benzene rings is 2. The number of nitrogens with two attached hydrogens (primary N) is 1. The number of aryl methyl sites for hydroxylation is 1. The lowest BCUT2D eigenvalue weighted by atomic mass is 10.1. The van der Waals surface area contributed by atoms with Crippen molar-refractivity contribution in [3.63, 3.8) is 0 Å². The fraction of sp³-hybridized carbons (Fsp3) is 0.133. The molecule has 4 nitrogen and oxygen atoms in total. The molecule has 0 radical (unpaired) electrons. The highest BCUT2D eigenvalue weighted by atomic mass is 79.9. The van der Waals surface area contributed by atoms with Gasteiger partial charge in [0.1, 0.15) is 0 Å². The summed E-state index contributed by atoms with van der Waals surface area (Å²) in [6.07, 6.45) is 0.884. The first-order valence-corrected chi connectivity index (χ1v) is 6.99. The fourth-order valence-electron chi connectivity index (χ4n) is 1.93. The van der Waals surface area contributed by atoms with E-state index >= 15 is 0 Å². The Bertz CT molecular complexity index is 656. The van der Waals surface area contributed by atoms with Gasteiger partial charge in [-0.05, 0) is 48.4 Å². The molecule has 0 bridgehead atoms. The van der Waals surface area contributed by atoms with Crippen molar-refractivity contribution in [2.24, 2.45) is 0 Å². The molecule has 2 aromatic carbocycles. The van der Waals surface area contributed by atoms with Gasteiger partial charge in [0, 0.05) is 10.2 Å². The number of carboxylic acid groups (broad SMARTS) is 1. The SMILES string of the molecule is CCc1cc(Br)ccc1Nc1ccc(C(=O)O)cc1N. The largest absolute Gasteiger partial charge is 0.478 e. The molecule has 0 atom stereocenters. The molecular weight excluding hydrogens is 320 g/mol. The second kappa shape index (κ2) is 5.96. The molecule has 0 heterocycles. The van der Waals surface area contributed by atoms with Gasteiger partial charge in [-0.3, -0.25) is 0 Å². The van der Waals surface area contributed by atoms with E-state index in [0.717, 1.165) is 22.1 Å². The molecule has 0 fully saturated rings. The van der Waals surface area contributed by atoms with Crippen molar-refractivity contribution in [1.82, 2.24) is 0 Å². The number of carbonyl (C=O) groups is 1. The Morgan fingerprint density at radius 2 is 1.95 bits per heavy atom. The molecule has 0 aliphatic heterocycles. The van der Waals surface area contributed by atoms with Crippen molar-refractivity contribution in [2.75, 3.05) is 11.1 Å². The summed E-state index contributed by atoms with van der Waals surface area (Å²) in [6.45, 7) is 2.07. The summed E-state index contributed by atoms with van der Waals surface area (Å²) in [6, 6.07) is 10.6. The minimum Gasteiger partial charge on any atom is -0.478 e. The molecule has 0 aliphatic carbocycles. The molecule has 5 heteroatoms. The van der Waals surface area contributed by atoms with E-state index in [1.54, 1.807) is 6.07 Å². The van der Waals surface area contributed by atoms with Gasteiger partial charge in [-0.25, -0.2) is 4.79 Å². The van der Waals surface area contributed by atoms with Gasteiger partial charge in [0.15, 0.2) is 0 Å². The van der Waals surface area contributed by atoms with Crippen LogP contribution >= 0.6 is 15.9 Å². The lowest BCUT2D eigenvalue weighted by molar-refractivity contribution is 0.0697. The summed E-state index contributed by atoms with van der Waals surface area (Å²) in [7, 11) is 0. The van der Waals surface area contributed by atoms with Gasteiger partial charge in [-0.15, -0.1) is 0 Å². The Balaban J connectivity index is 2.33. The number of halogens is 1. The van der Waals surface area contributed by atoms with E-state index in [4.69, 9.17) is 10.8 Å². The Morgan fingerprint density at radius 3 is 2.55 bits per heavy atom. The molecular formula is C15H15BrN2O2. The van der Waals surface area contributed by atoms with Crippen molar-refractivity contribution in [1.29, 1.82) is 0 Å². The zero-order valence-corrected chi connectivity index (χ0v) is 12.6. The maximum absolute atomic E-state index is 10.9. The van der Waals surface area contributed by atoms with E-state index in [-0.39, 0.29) is 5.56 Å². The molecule has 0 spiro atoms. The molecule has 2 rings (SSSR count). The maximum atomic E-state index is 10.9. The van der Waals surface area contributed by atoms with Crippen LogP contribution in [0.1, 0.15) is 22.8 Å². The quantitative estimate of drug-likeness (QED) is 0.737. The minimum atomic E-state index is -0.985. The van der Waals surface area contributed by atoms with Crippen LogP contribution in [0.4, 0.5) is 17.1 Å². The zero-order valence-electron chi connectivity index (χ0n) is 11.0. The normalized spacial score (nSPS) is 10.3. The van der Waals surface area contributed by atoms with E-state index < -0.39 is 5.97 Å². The number of nitrogens with one attached hydrogen (secondary N) is 1. The van der Waals surface area contributed by atoms with E-state index in [1.807, 2.05) is 18.2 Å². The molecule has 2 aromatic rings. The Kier molecular flexibility index (Phi) is 4.29. The van der Waals surface area contributed by atoms with E-state index in [1.165, 1.54) is 12.1 Å². The molecule has 0 amide bonds. The van der Waals surface area contributed by atoms with Gasteiger partial charge in [-0.2, -0.15) is 0 Å². The van der Waals surface area contributed by atoms with Crippen LogP contribution in [0, 0.1) is 0 Å². The lowest BCUT2D eigenvalue weighted by Crippen LogP contribution is -2.02. The van der Waals surface area contributed by atoms with Gasteiger partial charge in [0.2, 0.25) is 0 Å². The van der Waals surface area contributed by atoms with Crippen LogP contribution in [-0.4, -0.2) is 11.1 Å². The third-order valence-electron chi connectivity index (χ3n) is 3.02. The summed E-state index contributed by atoms with van der Waals surface area (Å²) in [5.74, 6) is -0.985. The topological polar surface area (TPSA) is 75.3 Å². The van der Waals surface area contributed by atoms with E-state index in [2.05, 4.69) is 28.2 Å². The van der Waals surface area contributed by atoms with E-state index in [0.29, 0.717) is 11.4 Å². The fourth-order valence-corrected chi connectivity index (χ4v) is 2.34. The number of carboxylic acids is 1. The molecule has 4 N–H and O–H groups in total. The average molecular weight is 335 g/mol. The maximum Gasteiger partial charge on any atom is 0.335 e. The molecule has 0 saturated heterocycles. The van der Waals surface area contributed by atoms with Crippen LogP contribution in [-0.2, 0) is 6.42 Å². The van der Waals surface area contributed by atoms with Crippen LogP contribution in [0.25, 0.3) is 0 Å². The summed E-state index contributed by atoms with van der Waals surface area (Å²) >= 11 is 3.44. The first-order valence-electron chi connectivity index (χ1n) is 6.19. The Morgan fingerprint density at radius 1 is 1.25 bits per heavy atom. The summed E-state index contributed by atoms with van der Waals surface area (Å²) in [4.78, 5) is 10.9.